The monoisotopic (exact) mass is 242 g/mol. The molecule has 3 nitrogen and oxygen atoms in total. The summed E-state index contributed by atoms with van der Waals surface area (Å²) >= 11 is 0. The first kappa shape index (κ1) is 12.4. The zero-order valence-corrected chi connectivity index (χ0v) is 11.0. The van der Waals surface area contributed by atoms with E-state index in [1.807, 2.05) is 6.92 Å². The molecule has 0 unspecified atom stereocenters. The number of aromatic hydroxyl groups is 1. The highest BCUT2D eigenvalue weighted by Crippen LogP contribution is 2.18. The summed E-state index contributed by atoms with van der Waals surface area (Å²) in [5.74, 6) is 0.234. The van der Waals surface area contributed by atoms with Gasteiger partial charge in [0.1, 0.15) is 11.4 Å². The molecule has 0 saturated carbocycles. The van der Waals surface area contributed by atoms with Crippen LogP contribution in [0.25, 0.3) is 0 Å². The van der Waals surface area contributed by atoms with Crippen LogP contribution in [-0.2, 0) is 6.54 Å². The average Bonchev–Trinajstić information content (AvgIpc) is 2.29. The van der Waals surface area contributed by atoms with Gasteiger partial charge >= 0.3 is 0 Å². The molecule has 0 aliphatic rings. The molecule has 0 amide bonds. The van der Waals surface area contributed by atoms with Crippen molar-refractivity contribution < 1.29 is 5.11 Å². The van der Waals surface area contributed by atoms with Crippen LogP contribution in [-0.4, -0.2) is 10.1 Å². The molecular weight excluding hydrogens is 224 g/mol. The van der Waals surface area contributed by atoms with Crippen molar-refractivity contribution in [3.63, 3.8) is 0 Å². The molecule has 1 heterocycles. The number of pyridine rings is 1. The largest absolute Gasteiger partial charge is 0.506 e. The molecule has 1 aromatic heterocycles. The third kappa shape index (κ3) is 3.00. The van der Waals surface area contributed by atoms with Gasteiger partial charge in [0.15, 0.2) is 0 Å². The number of nitrogens with zero attached hydrogens (tertiary/aromatic N) is 1. The van der Waals surface area contributed by atoms with E-state index in [1.165, 1.54) is 11.1 Å². The van der Waals surface area contributed by atoms with Crippen LogP contribution in [0.4, 0.5) is 5.69 Å². The predicted molar refractivity (Wildman–Crippen MR) is 73.9 cm³/mol. The van der Waals surface area contributed by atoms with Crippen molar-refractivity contribution in [1.82, 2.24) is 4.98 Å². The van der Waals surface area contributed by atoms with Crippen LogP contribution in [0.5, 0.6) is 5.75 Å². The molecule has 1 aromatic carbocycles. The Kier molecular flexibility index (Phi) is 3.51. The Morgan fingerprint density at radius 2 is 1.72 bits per heavy atom. The van der Waals surface area contributed by atoms with Crippen LogP contribution < -0.4 is 5.32 Å². The maximum absolute atomic E-state index is 9.72. The zero-order chi connectivity index (χ0) is 13.1. The van der Waals surface area contributed by atoms with Gasteiger partial charge < -0.3 is 10.4 Å². The van der Waals surface area contributed by atoms with Gasteiger partial charge in [0, 0.05) is 11.4 Å². The molecule has 0 atom stereocenters. The molecule has 0 spiro atoms. The summed E-state index contributed by atoms with van der Waals surface area (Å²) in [5, 5.41) is 13.0. The minimum atomic E-state index is 0.234. The second-order valence-electron chi connectivity index (χ2n) is 4.65. The number of hydrogen-bond donors (Lipinski definition) is 2. The summed E-state index contributed by atoms with van der Waals surface area (Å²) in [4.78, 5) is 4.32. The van der Waals surface area contributed by atoms with E-state index in [0.29, 0.717) is 12.2 Å². The second kappa shape index (κ2) is 5.08. The molecule has 0 aliphatic heterocycles. The predicted octanol–water partition coefficient (Wildman–Crippen LogP) is 3.32. The second-order valence-corrected chi connectivity index (χ2v) is 4.65. The summed E-state index contributed by atoms with van der Waals surface area (Å²) < 4.78 is 0. The third-order valence-electron chi connectivity index (χ3n) is 2.77. The van der Waals surface area contributed by atoms with E-state index in [9.17, 15) is 5.11 Å². The van der Waals surface area contributed by atoms with E-state index in [0.717, 1.165) is 11.4 Å². The number of aromatic nitrogens is 1. The van der Waals surface area contributed by atoms with Crippen LogP contribution in [0, 0.1) is 20.8 Å². The highest BCUT2D eigenvalue weighted by atomic mass is 16.3. The Balaban J connectivity index is 2.13. The van der Waals surface area contributed by atoms with Crippen LogP contribution >= 0.6 is 0 Å². The number of hydrogen-bond acceptors (Lipinski definition) is 3. The lowest BCUT2D eigenvalue weighted by atomic mass is 10.1. The van der Waals surface area contributed by atoms with E-state index in [4.69, 9.17) is 0 Å². The Morgan fingerprint density at radius 1 is 1.06 bits per heavy atom. The van der Waals surface area contributed by atoms with Gasteiger partial charge in [-0.15, -0.1) is 0 Å². The summed E-state index contributed by atoms with van der Waals surface area (Å²) in [6, 6.07) is 9.78. The number of nitrogens with one attached hydrogen (secondary N) is 1. The minimum absolute atomic E-state index is 0.234. The fourth-order valence-electron chi connectivity index (χ4n) is 2.00. The molecule has 18 heavy (non-hydrogen) atoms. The first-order valence-corrected chi connectivity index (χ1v) is 6.02. The highest BCUT2D eigenvalue weighted by Gasteiger charge is 2.03. The lowest BCUT2D eigenvalue weighted by molar-refractivity contribution is 0.464. The quantitative estimate of drug-likeness (QED) is 0.867. The van der Waals surface area contributed by atoms with Crippen molar-refractivity contribution in [2.45, 2.75) is 27.3 Å². The van der Waals surface area contributed by atoms with E-state index in [1.54, 1.807) is 12.1 Å². The lowest BCUT2D eigenvalue weighted by Crippen LogP contribution is -2.03. The maximum Gasteiger partial charge on any atom is 0.138 e. The summed E-state index contributed by atoms with van der Waals surface area (Å²) in [7, 11) is 0. The number of anilines is 1. The van der Waals surface area contributed by atoms with E-state index in [-0.39, 0.29) is 5.75 Å². The maximum atomic E-state index is 9.72. The van der Waals surface area contributed by atoms with Crippen LogP contribution in [0.3, 0.4) is 0 Å². The molecule has 0 saturated heterocycles. The average molecular weight is 242 g/mol. The molecule has 2 N–H and O–H groups in total. The van der Waals surface area contributed by atoms with Gasteiger partial charge in [-0.05, 0) is 56.2 Å². The number of benzene rings is 1. The van der Waals surface area contributed by atoms with Crippen molar-refractivity contribution in [3.05, 3.63) is 52.8 Å². The minimum Gasteiger partial charge on any atom is -0.506 e. The van der Waals surface area contributed by atoms with Gasteiger partial charge in [-0.25, -0.2) is 0 Å². The third-order valence-corrected chi connectivity index (χ3v) is 2.77. The van der Waals surface area contributed by atoms with Crippen molar-refractivity contribution in [2.75, 3.05) is 5.32 Å². The smallest absolute Gasteiger partial charge is 0.138 e. The topological polar surface area (TPSA) is 45.2 Å². The molecular formula is C15H18N2O. The number of rotatable bonds is 3. The van der Waals surface area contributed by atoms with Gasteiger partial charge in [0.2, 0.25) is 0 Å². The van der Waals surface area contributed by atoms with Crippen LogP contribution in [0.2, 0.25) is 0 Å². The fourth-order valence-corrected chi connectivity index (χ4v) is 2.00. The van der Waals surface area contributed by atoms with Crippen LogP contribution in [0.1, 0.15) is 22.5 Å². The molecule has 0 radical (unpaired) electrons. The summed E-state index contributed by atoms with van der Waals surface area (Å²) in [6.45, 7) is 6.58. The Labute approximate surface area is 108 Å². The van der Waals surface area contributed by atoms with Crippen molar-refractivity contribution in [1.29, 1.82) is 0 Å². The van der Waals surface area contributed by atoms with Crippen molar-refractivity contribution in [3.8, 4) is 5.75 Å². The highest BCUT2D eigenvalue weighted by molar-refractivity contribution is 5.49. The van der Waals surface area contributed by atoms with Crippen molar-refractivity contribution in [2.24, 2.45) is 0 Å². The van der Waals surface area contributed by atoms with Gasteiger partial charge in [-0.3, -0.25) is 4.98 Å². The van der Waals surface area contributed by atoms with E-state index < -0.39 is 0 Å². The molecule has 0 aliphatic carbocycles. The van der Waals surface area contributed by atoms with Gasteiger partial charge in [-0.1, -0.05) is 6.07 Å². The van der Waals surface area contributed by atoms with Crippen LogP contribution in [0.15, 0.2) is 30.3 Å². The standard InChI is InChI=1S/C15H18N2O/c1-10-6-11(2)8-13(7-10)16-9-14-15(18)5-4-12(3)17-14/h4-8,16,18H,9H2,1-3H3. The van der Waals surface area contributed by atoms with E-state index >= 15 is 0 Å². The molecule has 94 valence electrons. The zero-order valence-electron chi connectivity index (χ0n) is 11.0. The normalized spacial score (nSPS) is 10.4. The molecule has 3 heteroatoms. The first-order valence-electron chi connectivity index (χ1n) is 6.02. The fraction of sp³-hybridized carbons (Fsp3) is 0.267. The Bertz CT molecular complexity index is 544. The Hall–Kier alpha value is -2.03. The molecule has 0 fully saturated rings. The molecule has 2 rings (SSSR count). The Morgan fingerprint density at radius 3 is 2.39 bits per heavy atom. The summed E-state index contributed by atoms with van der Waals surface area (Å²) in [6.07, 6.45) is 0. The first-order chi connectivity index (χ1) is 8.54. The SMILES string of the molecule is Cc1cc(C)cc(NCc2nc(C)ccc2O)c1. The molecule has 2 aromatic rings. The van der Waals surface area contributed by atoms with Gasteiger partial charge in [-0.2, -0.15) is 0 Å². The van der Waals surface area contributed by atoms with Gasteiger partial charge in [0.25, 0.3) is 0 Å². The lowest BCUT2D eigenvalue weighted by Gasteiger charge is -2.09. The number of aryl methyl sites for hydroxylation is 3. The molecule has 0 bridgehead atoms. The summed E-state index contributed by atoms with van der Waals surface area (Å²) in [5.41, 5.74) is 5.08. The van der Waals surface area contributed by atoms with E-state index in [2.05, 4.69) is 42.3 Å². The van der Waals surface area contributed by atoms with Crippen molar-refractivity contribution >= 4 is 5.69 Å². The van der Waals surface area contributed by atoms with Gasteiger partial charge in [0.05, 0.1) is 6.54 Å².